The molecule has 0 aromatic carbocycles. The van der Waals surface area contributed by atoms with Crippen molar-refractivity contribution in [2.24, 2.45) is 0 Å². The Morgan fingerprint density at radius 3 is 2.56 bits per heavy atom. The molecule has 1 heterocycles. The molecule has 3 heteroatoms. The molecule has 0 radical (unpaired) electrons. The van der Waals surface area contributed by atoms with Gasteiger partial charge in [0.05, 0.1) is 0 Å². The van der Waals surface area contributed by atoms with Crippen molar-refractivity contribution in [3.63, 3.8) is 0 Å². The number of pyridine rings is 1. The number of nitrogens with one attached hydrogen (secondary N) is 1. The topological polar surface area (TPSA) is 40.2 Å². The Balaban J connectivity index is 0.000000640. The number of aryl methyl sites for hydroxylation is 1. The largest absolute Gasteiger partial charge is 1.00 e. The number of hydrogen-bond donors (Lipinski definition) is 1. The standard InChI is InChI=1S/C6H8N2.BrH/c1-5-4-6(7)2-3-8-5;/h2-4H,1H3,(H2,7,8);1H. The van der Waals surface area contributed by atoms with Crippen LogP contribution in [-0.4, -0.2) is 0 Å². The number of nitrogen functional groups attached to an aromatic ring is 1. The van der Waals surface area contributed by atoms with E-state index in [2.05, 4.69) is 4.98 Å². The zero-order valence-electron chi connectivity index (χ0n) is 5.19. The minimum atomic E-state index is 0. The van der Waals surface area contributed by atoms with Crippen molar-refractivity contribution in [1.29, 1.82) is 0 Å². The fourth-order valence-corrected chi connectivity index (χ4v) is 0.609. The maximum Gasteiger partial charge on any atom is 0.178 e. The van der Waals surface area contributed by atoms with E-state index in [-0.39, 0.29) is 17.0 Å². The fraction of sp³-hybridized carbons (Fsp3) is 0.167. The molecule has 0 aliphatic rings. The van der Waals surface area contributed by atoms with Crippen LogP contribution in [0.4, 0.5) is 5.69 Å². The zero-order chi connectivity index (χ0) is 5.98. The van der Waals surface area contributed by atoms with Crippen molar-refractivity contribution in [2.45, 2.75) is 6.92 Å². The Morgan fingerprint density at radius 1 is 1.56 bits per heavy atom. The number of rotatable bonds is 0. The molecule has 0 amide bonds. The van der Waals surface area contributed by atoms with E-state index in [4.69, 9.17) is 5.73 Å². The van der Waals surface area contributed by atoms with Gasteiger partial charge in [-0.1, -0.05) is 0 Å². The van der Waals surface area contributed by atoms with Crippen molar-refractivity contribution < 1.29 is 22.0 Å². The average Bonchev–Trinajstić information content (AvgIpc) is 1.64. The van der Waals surface area contributed by atoms with Crippen LogP contribution in [0.5, 0.6) is 0 Å². The molecule has 1 rings (SSSR count). The molecule has 0 saturated carbocycles. The summed E-state index contributed by atoms with van der Waals surface area (Å²) in [7, 11) is 0. The molecular formula is C6H9BrN2. The van der Waals surface area contributed by atoms with Gasteiger partial charge in [-0.05, 0) is 0 Å². The predicted octanol–water partition coefficient (Wildman–Crippen LogP) is -2.60. The Morgan fingerprint density at radius 2 is 2.22 bits per heavy atom. The lowest BCUT2D eigenvalue weighted by atomic mass is 10.3. The Bertz CT molecular complexity index is 171. The molecule has 0 spiro atoms. The third-order valence-corrected chi connectivity index (χ3v) is 0.970. The summed E-state index contributed by atoms with van der Waals surface area (Å²) in [6.45, 7) is 1.97. The molecule has 9 heavy (non-hydrogen) atoms. The molecule has 0 saturated heterocycles. The summed E-state index contributed by atoms with van der Waals surface area (Å²) in [5.41, 5.74) is 7.33. The molecule has 1 aromatic heterocycles. The number of aromatic nitrogens is 1. The van der Waals surface area contributed by atoms with Gasteiger partial charge in [0.25, 0.3) is 0 Å². The monoisotopic (exact) mass is 188 g/mol. The van der Waals surface area contributed by atoms with Crippen molar-refractivity contribution in [3.8, 4) is 0 Å². The molecule has 50 valence electrons. The summed E-state index contributed by atoms with van der Waals surface area (Å²) in [4.78, 5) is 2.99. The maximum absolute atomic E-state index is 5.44. The third kappa shape index (κ3) is 2.46. The second kappa shape index (κ2) is 3.45. The van der Waals surface area contributed by atoms with Gasteiger partial charge in [0, 0.05) is 24.7 Å². The number of aromatic amines is 1. The van der Waals surface area contributed by atoms with E-state index in [1.807, 2.05) is 25.3 Å². The van der Waals surface area contributed by atoms with Gasteiger partial charge >= 0.3 is 0 Å². The molecule has 0 fully saturated rings. The van der Waals surface area contributed by atoms with Gasteiger partial charge in [-0.3, -0.25) is 0 Å². The first kappa shape index (κ1) is 8.43. The Labute approximate surface area is 64.9 Å². The number of anilines is 1. The van der Waals surface area contributed by atoms with Crippen molar-refractivity contribution >= 4 is 5.69 Å². The van der Waals surface area contributed by atoms with Crippen LogP contribution < -0.4 is 27.7 Å². The van der Waals surface area contributed by atoms with Crippen LogP contribution in [0.1, 0.15) is 5.69 Å². The lowest BCUT2D eigenvalue weighted by Gasteiger charge is -1.84. The average molecular weight is 189 g/mol. The van der Waals surface area contributed by atoms with Crippen molar-refractivity contribution in [1.82, 2.24) is 0 Å². The third-order valence-electron chi connectivity index (χ3n) is 0.970. The number of hydrogen-bond acceptors (Lipinski definition) is 1. The predicted molar refractivity (Wildman–Crippen MR) is 32.1 cm³/mol. The second-order valence-corrected chi connectivity index (χ2v) is 1.81. The zero-order valence-corrected chi connectivity index (χ0v) is 6.77. The molecule has 0 aliphatic carbocycles. The molecule has 0 atom stereocenters. The summed E-state index contributed by atoms with van der Waals surface area (Å²) in [5, 5.41) is 0. The normalized spacial score (nSPS) is 8.11. The molecule has 0 unspecified atom stereocenters. The van der Waals surface area contributed by atoms with Gasteiger partial charge in [-0.25, -0.2) is 4.98 Å². The van der Waals surface area contributed by atoms with Crippen molar-refractivity contribution in [2.75, 3.05) is 5.73 Å². The first-order chi connectivity index (χ1) is 3.79. The van der Waals surface area contributed by atoms with Gasteiger partial charge in [0.1, 0.15) is 0 Å². The minimum absolute atomic E-state index is 0. The number of halogens is 1. The summed E-state index contributed by atoms with van der Waals surface area (Å²) >= 11 is 0. The number of H-pyrrole nitrogens is 1. The minimum Gasteiger partial charge on any atom is -1.00 e. The summed E-state index contributed by atoms with van der Waals surface area (Å²) in [6.07, 6.45) is 1.82. The van der Waals surface area contributed by atoms with E-state index in [9.17, 15) is 0 Å². The van der Waals surface area contributed by atoms with E-state index in [0.717, 1.165) is 11.4 Å². The van der Waals surface area contributed by atoms with Crippen LogP contribution in [0, 0.1) is 6.92 Å². The van der Waals surface area contributed by atoms with E-state index < -0.39 is 0 Å². The molecular weight excluding hydrogens is 180 g/mol. The summed E-state index contributed by atoms with van der Waals surface area (Å²) in [5.74, 6) is 0. The Kier molecular flexibility index (Phi) is 3.24. The van der Waals surface area contributed by atoms with Gasteiger partial charge in [0.15, 0.2) is 11.9 Å². The number of nitrogens with two attached hydrogens (primary N) is 1. The molecule has 0 bridgehead atoms. The van der Waals surface area contributed by atoms with Crippen LogP contribution >= 0.6 is 0 Å². The van der Waals surface area contributed by atoms with Gasteiger partial charge in [-0.15, -0.1) is 0 Å². The summed E-state index contributed by atoms with van der Waals surface area (Å²) in [6, 6.07) is 3.72. The summed E-state index contributed by atoms with van der Waals surface area (Å²) < 4.78 is 0. The van der Waals surface area contributed by atoms with Crippen LogP contribution in [0.25, 0.3) is 0 Å². The molecule has 2 nitrogen and oxygen atoms in total. The highest BCUT2D eigenvalue weighted by atomic mass is 79.9. The molecule has 1 aromatic rings. The van der Waals surface area contributed by atoms with Crippen LogP contribution in [0.3, 0.4) is 0 Å². The van der Waals surface area contributed by atoms with Gasteiger partial charge < -0.3 is 22.7 Å². The van der Waals surface area contributed by atoms with E-state index in [1.165, 1.54) is 0 Å². The smallest absolute Gasteiger partial charge is 0.178 e. The van der Waals surface area contributed by atoms with Gasteiger partial charge in [0.2, 0.25) is 0 Å². The lowest BCUT2D eigenvalue weighted by molar-refractivity contribution is -0.387. The first-order valence-electron chi connectivity index (χ1n) is 2.53. The molecule has 3 N–H and O–H groups in total. The highest BCUT2D eigenvalue weighted by Crippen LogP contribution is 1.96. The lowest BCUT2D eigenvalue weighted by Crippen LogP contribution is -3.00. The second-order valence-electron chi connectivity index (χ2n) is 1.81. The highest BCUT2D eigenvalue weighted by Gasteiger charge is 1.89. The molecule has 0 aliphatic heterocycles. The van der Waals surface area contributed by atoms with Crippen LogP contribution in [0.15, 0.2) is 18.3 Å². The van der Waals surface area contributed by atoms with Crippen LogP contribution in [0.2, 0.25) is 0 Å². The quantitative estimate of drug-likeness (QED) is 0.477. The SMILES string of the molecule is Cc1cc(N)cc[nH+]1.[Br-]. The van der Waals surface area contributed by atoms with E-state index >= 15 is 0 Å². The van der Waals surface area contributed by atoms with Crippen LogP contribution in [-0.2, 0) is 0 Å². The fourth-order valence-electron chi connectivity index (χ4n) is 0.609. The van der Waals surface area contributed by atoms with E-state index in [0.29, 0.717) is 0 Å². The maximum atomic E-state index is 5.44. The van der Waals surface area contributed by atoms with Crippen molar-refractivity contribution in [3.05, 3.63) is 24.0 Å². The first-order valence-corrected chi connectivity index (χ1v) is 2.53. The highest BCUT2D eigenvalue weighted by molar-refractivity contribution is 5.34. The Hall–Kier alpha value is -0.570. The van der Waals surface area contributed by atoms with E-state index in [1.54, 1.807) is 0 Å². The van der Waals surface area contributed by atoms with Gasteiger partial charge in [-0.2, -0.15) is 0 Å².